The molecule has 0 N–H and O–H groups in total. The van der Waals surface area contributed by atoms with Crippen molar-refractivity contribution in [1.82, 2.24) is 4.90 Å². The molecule has 0 unspecified atom stereocenters. The lowest BCUT2D eigenvalue weighted by molar-refractivity contribution is -0.130. The van der Waals surface area contributed by atoms with Crippen molar-refractivity contribution in [1.29, 1.82) is 0 Å². The molecule has 2 aliphatic rings. The van der Waals surface area contributed by atoms with Crippen molar-refractivity contribution in [3.63, 3.8) is 0 Å². The second-order valence-corrected chi connectivity index (χ2v) is 7.98. The Morgan fingerprint density at radius 3 is 2.50 bits per heavy atom. The molecule has 6 heteroatoms. The second-order valence-electron chi connectivity index (χ2n) is 7.98. The molecular weight excluding hydrogens is 378 g/mol. The maximum atomic E-state index is 12.8. The van der Waals surface area contributed by atoms with Crippen molar-refractivity contribution < 1.29 is 14.3 Å². The van der Waals surface area contributed by atoms with Crippen LogP contribution in [0.2, 0.25) is 0 Å². The van der Waals surface area contributed by atoms with Gasteiger partial charge in [-0.1, -0.05) is 30.3 Å². The van der Waals surface area contributed by atoms with Crippen LogP contribution in [-0.2, 0) is 16.1 Å². The molecule has 2 aromatic carbocycles. The van der Waals surface area contributed by atoms with Crippen LogP contribution in [0.3, 0.4) is 0 Å². The highest BCUT2D eigenvalue weighted by molar-refractivity contribution is 5.98. The zero-order valence-electron chi connectivity index (χ0n) is 17.5. The van der Waals surface area contributed by atoms with Crippen molar-refractivity contribution in [2.75, 3.05) is 43.1 Å². The minimum absolute atomic E-state index is 0.0181. The van der Waals surface area contributed by atoms with Crippen molar-refractivity contribution in [3.05, 3.63) is 54.1 Å². The molecule has 0 radical (unpaired) electrons. The fraction of sp³-hybridized carbons (Fsp3) is 0.417. The van der Waals surface area contributed by atoms with Crippen molar-refractivity contribution in [3.8, 4) is 5.75 Å². The maximum Gasteiger partial charge on any atom is 0.265 e. The van der Waals surface area contributed by atoms with E-state index in [4.69, 9.17) is 4.74 Å². The van der Waals surface area contributed by atoms with Gasteiger partial charge in [-0.25, -0.2) is 0 Å². The molecule has 1 fully saturated rings. The third kappa shape index (κ3) is 4.42. The molecule has 1 saturated heterocycles. The first-order valence-corrected chi connectivity index (χ1v) is 10.7. The Bertz CT molecular complexity index is 908. The summed E-state index contributed by atoms with van der Waals surface area (Å²) in [6, 6.07) is 15.8. The lowest BCUT2D eigenvalue weighted by Gasteiger charge is -2.32. The first-order valence-electron chi connectivity index (χ1n) is 10.7. The van der Waals surface area contributed by atoms with Gasteiger partial charge in [0.2, 0.25) is 5.91 Å². The molecule has 2 aromatic rings. The van der Waals surface area contributed by atoms with E-state index < -0.39 is 0 Å². The van der Waals surface area contributed by atoms with Gasteiger partial charge >= 0.3 is 0 Å². The molecule has 158 valence electrons. The number of anilines is 2. The van der Waals surface area contributed by atoms with Gasteiger partial charge in [-0.3, -0.25) is 9.59 Å². The number of nitrogens with zero attached hydrogens (tertiary/aromatic N) is 3. The monoisotopic (exact) mass is 407 g/mol. The Morgan fingerprint density at radius 2 is 1.70 bits per heavy atom. The molecule has 2 heterocycles. The van der Waals surface area contributed by atoms with Gasteiger partial charge < -0.3 is 19.4 Å². The summed E-state index contributed by atoms with van der Waals surface area (Å²) in [6.07, 6.45) is 4.01. The molecular formula is C24H29N3O3. The zero-order valence-corrected chi connectivity index (χ0v) is 17.5. The Morgan fingerprint density at radius 1 is 1.00 bits per heavy atom. The average Bonchev–Trinajstić information content (AvgIpc) is 2.79. The van der Waals surface area contributed by atoms with Crippen LogP contribution in [0.1, 0.15) is 31.2 Å². The minimum atomic E-state index is -0.111. The summed E-state index contributed by atoms with van der Waals surface area (Å²) in [6.45, 7) is 3.10. The topological polar surface area (TPSA) is 53.1 Å². The zero-order chi connectivity index (χ0) is 20.9. The molecule has 0 atom stereocenters. The van der Waals surface area contributed by atoms with Gasteiger partial charge in [0.05, 0.1) is 5.69 Å². The normalized spacial score (nSPS) is 16.1. The van der Waals surface area contributed by atoms with Crippen LogP contribution in [-0.4, -0.2) is 50.0 Å². The summed E-state index contributed by atoms with van der Waals surface area (Å²) in [5.74, 6) is 0.605. The van der Waals surface area contributed by atoms with E-state index in [9.17, 15) is 9.59 Å². The summed E-state index contributed by atoms with van der Waals surface area (Å²) in [5, 5.41) is 0. The third-order valence-electron chi connectivity index (χ3n) is 5.88. The number of hydrogen-bond donors (Lipinski definition) is 0. The van der Waals surface area contributed by atoms with Gasteiger partial charge in [-0.05, 0) is 43.0 Å². The Labute approximate surface area is 178 Å². The van der Waals surface area contributed by atoms with Crippen molar-refractivity contribution >= 4 is 23.2 Å². The van der Waals surface area contributed by atoms with E-state index in [1.165, 1.54) is 30.5 Å². The predicted octanol–water partition coefficient (Wildman–Crippen LogP) is 3.45. The smallest absolute Gasteiger partial charge is 0.265 e. The largest absolute Gasteiger partial charge is 0.482 e. The molecule has 6 nitrogen and oxygen atoms in total. The summed E-state index contributed by atoms with van der Waals surface area (Å²) in [7, 11) is 1.84. The summed E-state index contributed by atoms with van der Waals surface area (Å²) < 4.78 is 5.48. The fourth-order valence-electron chi connectivity index (χ4n) is 4.23. The molecule has 2 aliphatic heterocycles. The highest BCUT2D eigenvalue weighted by Gasteiger charge is 2.26. The Hall–Kier alpha value is -3.02. The lowest BCUT2D eigenvalue weighted by Crippen LogP contribution is -2.41. The predicted molar refractivity (Wildman–Crippen MR) is 118 cm³/mol. The molecule has 2 amide bonds. The van der Waals surface area contributed by atoms with Gasteiger partial charge in [0.1, 0.15) is 5.75 Å². The van der Waals surface area contributed by atoms with Crippen LogP contribution in [0.25, 0.3) is 0 Å². The number of carbonyl (C=O) groups excluding carboxylic acids is 2. The molecule has 0 aromatic heterocycles. The second kappa shape index (κ2) is 9.20. The van der Waals surface area contributed by atoms with Crippen LogP contribution in [0.15, 0.2) is 48.5 Å². The van der Waals surface area contributed by atoms with Crippen LogP contribution >= 0.6 is 0 Å². The minimum Gasteiger partial charge on any atom is -0.482 e. The van der Waals surface area contributed by atoms with E-state index in [-0.39, 0.29) is 24.8 Å². The van der Waals surface area contributed by atoms with Crippen LogP contribution in [0.4, 0.5) is 11.4 Å². The number of hydrogen-bond acceptors (Lipinski definition) is 4. The highest BCUT2D eigenvalue weighted by atomic mass is 16.5. The van der Waals surface area contributed by atoms with Crippen molar-refractivity contribution in [2.24, 2.45) is 0 Å². The van der Waals surface area contributed by atoms with Gasteiger partial charge in [0, 0.05) is 45.3 Å². The van der Waals surface area contributed by atoms with E-state index in [0.717, 1.165) is 18.8 Å². The molecule has 0 saturated carbocycles. The molecule has 4 rings (SSSR count). The molecule has 0 spiro atoms. The number of fused-ring (bicyclic) bond motifs is 1. The molecule has 30 heavy (non-hydrogen) atoms. The third-order valence-corrected chi connectivity index (χ3v) is 5.88. The van der Waals surface area contributed by atoms with Crippen LogP contribution in [0, 0.1) is 0 Å². The SMILES string of the molecule is CN(Cc1ccccc1N1CCCCC1)C(=O)CCN1C(=O)COc2ccccc21. The maximum absolute atomic E-state index is 12.8. The van der Waals surface area contributed by atoms with Crippen LogP contribution < -0.4 is 14.5 Å². The van der Waals surface area contributed by atoms with E-state index in [1.807, 2.05) is 37.4 Å². The summed E-state index contributed by atoms with van der Waals surface area (Å²) in [4.78, 5) is 31.0. The van der Waals surface area contributed by atoms with E-state index >= 15 is 0 Å². The lowest BCUT2D eigenvalue weighted by atomic mass is 10.1. The number of amides is 2. The van der Waals surface area contributed by atoms with E-state index in [0.29, 0.717) is 18.8 Å². The first kappa shape index (κ1) is 20.3. The molecule has 0 bridgehead atoms. The average molecular weight is 408 g/mol. The van der Waals surface area contributed by atoms with Gasteiger partial charge in [0.15, 0.2) is 6.61 Å². The van der Waals surface area contributed by atoms with Crippen LogP contribution in [0.5, 0.6) is 5.75 Å². The number of rotatable bonds is 6. The Balaban J connectivity index is 1.39. The number of para-hydroxylation sites is 3. The number of carbonyl (C=O) groups is 2. The van der Waals surface area contributed by atoms with Gasteiger partial charge in [0.25, 0.3) is 5.91 Å². The summed E-state index contributed by atoms with van der Waals surface area (Å²) in [5.41, 5.74) is 3.14. The van der Waals surface area contributed by atoms with Gasteiger partial charge in [-0.2, -0.15) is 0 Å². The quantitative estimate of drug-likeness (QED) is 0.736. The fourth-order valence-corrected chi connectivity index (χ4v) is 4.23. The van der Waals surface area contributed by atoms with Gasteiger partial charge in [-0.15, -0.1) is 0 Å². The number of piperidine rings is 1. The highest BCUT2D eigenvalue weighted by Crippen LogP contribution is 2.31. The summed E-state index contributed by atoms with van der Waals surface area (Å²) >= 11 is 0. The first-order chi connectivity index (χ1) is 14.6. The number of ether oxygens (including phenoxy) is 1. The van der Waals surface area contributed by atoms with E-state index in [1.54, 1.807) is 9.80 Å². The van der Waals surface area contributed by atoms with E-state index in [2.05, 4.69) is 23.1 Å². The molecule has 0 aliphatic carbocycles. The standard InChI is InChI=1S/C24H29N3O3/c1-25(17-19-9-3-4-10-20(19)26-14-7-2-8-15-26)23(28)13-16-27-21-11-5-6-12-22(21)30-18-24(27)29/h3-6,9-12H,2,7-8,13-18H2,1H3. The Kier molecular flexibility index (Phi) is 6.21. The van der Waals surface area contributed by atoms with Crippen molar-refractivity contribution in [2.45, 2.75) is 32.2 Å². The number of benzene rings is 2.